The molecule has 7 nitrogen and oxygen atoms in total. The molecule has 2 aliphatic rings. The number of carboxylic acid groups (broad SMARTS) is 1. The van der Waals surface area contributed by atoms with E-state index in [0.717, 1.165) is 63.4 Å². The molecule has 0 spiro atoms. The van der Waals surface area contributed by atoms with Crippen LogP contribution < -0.4 is 0 Å². The number of benzene rings is 1. The Morgan fingerprint density at radius 3 is 2.38 bits per heavy atom. The van der Waals surface area contributed by atoms with E-state index in [1.807, 2.05) is 30.3 Å². The molecule has 7 atom stereocenters. The lowest BCUT2D eigenvalue weighted by molar-refractivity contribution is -0.155. The number of aliphatic hydroxyl groups is 1. The smallest absolute Gasteiger partial charge is 0.305 e. The van der Waals surface area contributed by atoms with Gasteiger partial charge in [-0.2, -0.15) is 0 Å². The molecular weight excluding hydrogens is 472 g/mol. The predicted molar refractivity (Wildman–Crippen MR) is 142 cm³/mol. The minimum absolute atomic E-state index is 0.0205. The summed E-state index contributed by atoms with van der Waals surface area (Å²) >= 11 is 0. The number of hydrogen-bond donors (Lipinski definition) is 2. The molecule has 0 saturated carbocycles. The highest BCUT2D eigenvalue weighted by molar-refractivity contribution is 5.67. The van der Waals surface area contributed by atoms with Crippen molar-refractivity contribution in [1.29, 1.82) is 0 Å². The van der Waals surface area contributed by atoms with Crippen molar-refractivity contribution in [3.8, 4) is 0 Å². The van der Waals surface area contributed by atoms with Gasteiger partial charge in [0.05, 0.1) is 55.8 Å². The maximum Gasteiger partial charge on any atom is 0.305 e. The lowest BCUT2D eigenvalue weighted by Gasteiger charge is -2.37. The molecule has 1 aromatic carbocycles. The molecule has 2 saturated heterocycles. The molecule has 0 aliphatic carbocycles. The number of ether oxygens (including phenoxy) is 4. The van der Waals surface area contributed by atoms with E-state index in [2.05, 4.69) is 6.92 Å². The summed E-state index contributed by atoms with van der Waals surface area (Å²) in [7, 11) is 1.73. The van der Waals surface area contributed by atoms with Gasteiger partial charge in [0.15, 0.2) is 0 Å². The Balaban J connectivity index is 1.50. The van der Waals surface area contributed by atoms with Gasteiger partial charge < -0.3 is 29.2 Å². The molecule has 0 unspecified atom stereocenters. The Kier molecular flexibility index (Phi) is 13.4. The van der Waals surface area contributed by atoms with Crippen molar-refractivity contribution in [2.75, 3.05) is 7.11 Å². The fourth-order valence-corrected chi connectivity index (χ4v) is 5.72. The van der Waals surface area contributed by atoms with Crippen LogP contribution in [0.25, 0.3) is 0 Å². The Labute approximate surface area is 222 Å². The maximum atomic E-state index is 11.4. The zero-order valence-electron chi connectivity index (χ0n) is 22.8. The number of carbonyl (C=O) groups is 1. The second kappa shape index (κ2) is 16.5. The summed E-state index contributed by atoms with van der Waals surface area (Å²) in [6.07, 6.45) is 10.1. The summed E-state index contributed by atoms with van der Waals surface area (Å²) in [6, 6.07) is 10.0. The van der Waals surface area contributed by atoms with Crippen LogP contribution in [0.2, 0.25) is 0 Å². The molecule has 0 radical (unpaired) electrons. The highest BCUT2D eigenvalue weighted by atomic mass is 16.5. The standard InChI is InChI=1S/C30H48O7/c1-3-4-6-12-23(31)15-24-13-9-14-25(36-24)16-26(34-2)17-28-18-27(19-29(37-28)20-30(32)33)35-21-22-10-7-5-8-11-22/h5,7-8,10-11,23-29,31H,3-4,6,9,12-21H2,1-2H3,(H,32,33)/t23-,24-,25-,26+,27+,28+,29+/m0/s1. The van der Waals surface area contributed by atoms with Crippen molar-refractivity contribution in [1.82, 2.24) is 0 Å². The second-order valence-corrected chi connectivity index (χ2v) is 10.9. The van der Waals surface area contributed by atoms with Gasteiger partial charge in [0.25, 0.3) is 0 Å². The first-order chi connectivity index (χ1) is 17.9. The van der Waals surface area contributed by atoms with Crippen LogP contribution in [0.15, 0.2) is 30.3 Å². The number of aliphatic hydroxyl groups excluding tert-OH is 1. The summed E-state index contributed by atoms with van der Waals surface area (Å²) in [5.41, 5.74) is 1.11. The fraction of sp³-hybridized carbons (Fsp3) is 0.767. The topological polar surface area (TPSA) is 94.5 Å². The van der Waals surface area contributed by atoms with E-state index in [1.165, 1.54) is 0 Å². The van der Waals surface area contributed by atoms with Gasteiger partial charge in [0, 0.05) is 13.5 Å². The normalized spacial score (nSPS) is 28.0. The van der Waals surface area contributed by atoms with Crippen LogP contribution in [-0.4, -0.2) is 66.0 Å². The van der Waals surface area contributed by atoms with Gasteiger partial charge in [0.2, 0.25) is 0 Å². The number of aliphatic carboxylic acids is 1. The third kappa shape index (κ3) is 11.4. The van der Waals surface area contributed by atoms with Crippen molar-refractivity contribution >= 4 is 5.97 Å². The van der Waals surface area contributed by atoms with Crippen molar-refractivity contribution in [2.45, 2.75) is 140 Å². The van der Waals surface area contributed by atoms with E-state index in [0.29, 0.717) is 25.9 Å². The first-order valence-electron chi connectivity index (χ1n) is 14.3. The Hall–Kier alpha value is -1.51. The number of methoxy groups -OCH3 is 1. The molecule has 0 amide bonds. The molecule has 1 aromatic rings. The molecular formula is C30H48O7. The minimum Gasteiger partial charge on any atom is -0.481 e. The van der Waals surface area contributed by atoms with Crippen molar-refractivity contribution in [3.05, 3.63) is 35.9 Å². The molecule has 210 valence electrons. The predicted octanol–water partition coefficient (Wildman–Crippen LogP) is 5.66. The Bertz CT molecular complexity index is 758. The average Bonchev–Trinajstić information content (AvgIpc) is 2.87. The van der Waals surface area contributed by atoms with E-state index in [-0.39, 0.29) is 49.1 Å². The zero-order valence-corrected chi connectivity index (χ0v) is 22.8. The lowest BCUT2D eigenvalue weighted by Crippen LogP contribution is -2.41. The van der Waals surface area contributed by atoms with Crippen LogP contribution in [0.5, 0.6) is 0 Å². The number of carboxylic acids is 1. The van der Waals surface area contributed by atoms with Crippen LogP contribution in [0.1, 0.15) is 96.0 Å². The van der Waals surface area contributed by atoms with Gasteiger partial charge in [-0.25, -0.2) is 0 Å². The first-order valence-corrected chi connectivity index (χ1v) is 14.3. The van der Waals surface area contributed by atoms with Gasteiger partial charge >= 0.3 is 5.97 Å². The molecule has 7 heteroatoms. The number of hydrogen-bond acceptors (Lipinski definition) is 6. The average molecular weight is 521 g/mol. The Morgan fingerprint density at radius 1 is 1.00 bits per heavy atom. The molecule has 3 rings (SSSR count). The van der Waals surface area contributed by atoms with Crippen LogP contribution in [0.3, 0.4) is 0 Å². The number of unbranched alkanes of at least 4 members (excludes halogenated alkanes) is 2. The summed E-state index contributed by atoms with van der Waals surface area (Å²) in [6.45, 7) is 2.68. The minimum atomic E-state index is -0.853. The van der Waals surface area contributed by atoms with E-state index < -0.39 is 5.97 Å². The highest BCUT2D eigenvalue weighted by Gasteiger charge is 2.34. The third-order valence-corrected chi connectivity index (χ3v) is 7.67. The lowest BCUT2D eigenvalue weighted by atomic mass is 9.92. The van der Waals surface area contributed by atoms with Crippen LogP contribution in [0, 0.1) is 0 Å². The molecule has 37 heavy (non-hydrogen) atoms. The molecule has 0 aromatic heterocycles. The quantitative estimate of drug-likeness (QED) is 0.272. The fourth-order valence-electron chi connectivity index (χ4n) is 5.72. The third-order valence-electron chi connectivity index (χ3n) is 7.67. The van der Waals surface area contributed by atoms with Crippen LogP contribution >= 0.6 is 0 Å². The maximum absolute atomic E-state index is 11.4. The van der Waals surface area contributed by atoms with Gasteiger partial charge in [-0.1, -0.05) is 56.5 Å². The largest absolute Gasteiger partial charge is 0.481 e. The van der Waals surface area contributed by atoms with Crippen molar-refractivity contribution in [3.63, 3.8) is 0 Å². The summed E-state index contributed by atoms with van der Waals surface area (Å²) in [5, 5.41) is 19.8. The van der Waals surface area contributed by atoms with Gasteiger partial charge in [-0.15, -0.1) is 0 Å². The summed E-state index contributed by atoms with van der Waals surface area (Å²) in [5.74, 6) is -0.853. The van der Waals surface area contributed by atoms with Crippen LogP contribution in [-0.2, 0) is 30.3 Å². The first kappa shape index (κ1) is 30.0. The van der Waals surface area contributed by atoms with Gasteiger partial charge in [-0.05, 0) is 56.9 Å². The molecule has 2 fully saturated rings. The number of rotatable bonds is 16. The SMILES string of the molecule is CCCCC[C@H](O)C[C@@H]1CCC[C@@H](C[C@H](C[C@@H]2C[C@@H](OCc3ccccc3)C[C@H](CC(=O)O)O2)OC)O1. The molecule has 2 heterocycles. The van der Waals surface area contributed by atoms with Crippen molar-refractivity contribution in [2.24, 2.45) is 0 Å². The zero-order chi connectivity index (χ0) is 26.5. The van der Waals surface area contributed by atoms with Crippen molar-refractivity contribution < 1.29 is 34.0 Å². The highest BCUT2D eigenvalue weighted by Crippen LogP contribution is 2.31. The molecule has 2 aliphatic heterocycles. The van der Waals surface area contributed by atoms with Crippen LogP contribution in [0.4, 0.5) is 0 Å². The summed E-state index contributed by atoms with van der Waals surface area (Å²) in [4.78, 5) is 11.4. The Morgan fingerprint density at radius 2 is 1.68 bits per heavy atom. The van der Waals surface area contributed by atoms with Gasteiger partial charge in [0.1, 0.15) is 0 Å². The molecule has 0 bridgehead atoms. The van der Waals surface area contributed by atoms with E-state index in [4.69, 9.17) is 18.9 Å². The van der Waals surface area contributed by atoms with E-state index in [1.54, 1.807) is 7.11 Å². The van der Waals surface area contributed by atoms with E-state index in [9.17, 15) is 15.0 Å². The summed E-state index contributed by atoms with van der Waals surface area (Å²) < 4.78 is 24.6. The monoisotopic (exact) mass is 520 g/mol. The molecule has 2 N–H and O–H groups in total. The van der Waals surface area contributed by atoms with Gasteiger partial charge in [-0.3, -0.25) is 4.79 Å². The second-order valence-electron chi connectivity index (χ2n) is 10.9. The van der Waals surface area contributed by atoms with E-state index >= 15 is 0 Å².